The highest BCUT2D eigenvalue weighted by Crippen LogP contribution is 2.25. The van der Waals surface area contributed by atoms with Crippen molar-refractivity contribution < 1.29 is 9.18 Å². The van der Waals surface area contributed by atoms with Gasteiger partial charge < -0.3 is 9.88 Å². The van der Waals surface area contributed by atoms with Crippen LogP contribution >= 0.6 is 11.8 Å². The number of thioether (sulfide) groups is 1. The minimum Gasteiger partial charge on any atom is -0.355 e. The number of nitrogens with one attached hydrogen (secondary N) is 1. The first kappa shape index (κ1) is 19.1. The van der Waals surface area contributed by atoms with Crippen molar-refractivity contribution in [1.29, 1.82) is 0 Å². The minimum atomic E-state index is -0.301. The zero-order valence-electron chi connectivity index (χ0n) is 15.2. The molecular weight excluding hydrogens is 363 g/mol. The average Bonchev–Trinajstić information content (AvgIpc) is 3.04. The highest BCUT2D eigenvalue weighted by Gasteiger charge is 2.19. The third-order valence-electron chi connectivity index (χ3n) is 4.14. The molecule has 0 unspecified atom stereocenters. The van der Waals surface area contributed by atoms with Crippen molar-refractivity contribution in [3.05, 3.63) is 66.0 Å². The fourth-order valence-corrected chi connectivity index (χ4v) is 3.43. The van der Waals surface area contributed by atoms with Gasteiger partial charge in [-0.2, -0.15) is 0 Å². The molecule has 0 saturated heterocycles. The summed E-state index contributed by atoms with van der Waals surface area (Å²) < 4.78 is 14.8. The number of halogens is 1. The summed E-state index contributed by atoms with van der Waals surface area (Å²) in [5, 5.41) is 11.7. The predicted molar refractivity (Wildman–Crippen MR) is 105 cm³/mol. The fraction of sp³-hybridized carbons (Fsp3) is 0.250. The molecule has 27 heavy (non-hydrogen) atoms. The summed E-state index contributed by atoms with van der Waals surface area (Å²) in [6, 6.07) is 16.1. The fourth-order valence-electron chi connectivity index (χ4n) is 2.59. The van der Waals surface area contributed by atoms with Crippen molar-refractivity contribution in [2.45, 2.75) is 23.8 Å². The van der Waals surface area contributed by atoms with E-state index in [1.807, 2.05) is 48.9 Å². The first-order chi connectivity index (χ1) is 13.0. The number of aromatic nitrogens is 3. The van der Waals surface area contributed by atoms with E-state index < -0.39 is 0 Å². The molecule has 5 nitrogen and oxygen atoms in total. The molecule has 0 aliphatic carbocycles. The first-order valence-corrected chi connectivity index (χ1v) is 9.56. The van der Waals surface area contributed by atoms with E-state index in [0.717, 1.165) is 17.0 Å². The number of carbonyl (C=O) groups excluding carboxylic acids is 1. The van der Waals surface area contributed by atoms with Gasteiger partial charge in [-0.15, -0.1) is 10.2 Å². The first-order valence-electron chi connectivity index (χ1n) is 8.68. The van der Waals surface area contributed by atoms with Gasteiger partial charge in [-0.1, -0.05) is 54.2 Å². The van der Waals surface area contributed by atoms with E-state index >= 15 is 0 Å². The van der Waals surface area contributed by atoms with Crippen LogP contribution in [0.3, 0.4) is 0 Å². The van der Waals surface area contributed by atoms with E-state index in [9.17, 15) is 9.18 Å². The molecular formula is C20H21FN4OS. The molecule has 1 aromatic heterocycles. The summed E-state index contributed by atoms with van der Waals surface area (Å²) >= 11 is 1.37. The average molecular weight is 384 g/mol. The maximum absolute atomic E-state index is 12.9. The van der Waals surface area contributed by atoms with Crippen molar-refractivity contribution in [3.8, 4) is 11.4 Å². The monoisotopic (exact) mass is 384 g/mol. The van der Waals surface area contributed by atoms with Gasteiger partial charge in [0.25, 0.3) is 0 Å². The van der Waals surface area contributed by atoms with E-state index in [4.69, 9.17) is 0 Å². The second-order valence-electron chi connectivity index (χ2n) is 6.16. The Labute approximate surface area is 162 Å². The summed E-state index contributed by atoms with van der Waals surface area (Å²) in [6.07, 6.45) is 0.658. The lowest BCUT2D eigenvalue weighted by Crippen LogP contribution is -2.32. The molecule has 1 amide bonds. The zero-order chi connectivity index (χ0) is 19.2. The van der Waals surface area contributed by atoms with Gasteiger partial charge in [-0.25, -0.2) is 4.39 Å². The Kier molecular flexibility index (Phi) is 6.24. The maximum Gasteiger partial charge on any atom is 0.233 e. The Balaban J connectivity index is 1.54. The molecule has 140 valence electrons. The van der Waals surface area contributed by atoms with Crippen LogP contribution in [-0.2, 0) is 18.3 Å². The smallest absolute Gasteiger partial charge is 0.233 e. The molecule has 3 rings (SSSR count). The molecule has 3 aromatic rings. The number of amides is 1. The molecule has 1 N–H and O–H groups in total. The number of carbonyl (C=O) groups is 1. The predicted octanol–water partition coefficient (Wildman–Crippen LogP) is 3.46. The minimum absolute atomic E-state index is 0.0635. The Hall–Kier alpha value is -2.67. The van der Waals surface area contributed by atoms with Crippen LogP contribution in [0.25, 0.3) is 11.4 Å². The normalized spacial score (nSPS) is 12.0. The van der Waals surface area contributed by atoms with Crippen LogP contribution in [0.4, 0.5) is 4.39 Å². The standard InChI is InChI=1S/C20H21FN4OS/c1-14(19(26)22-13-12-15-8-10-17(21)11-9-15)27-20-24-23-18(25(20)2)16-6-4-3-5-7-16/h3-11,14H,12-13H2,1-2H3,(H,22,26)/t14-/m1/s1. The van der Waals surface area contributed by atoms with E-state index in [-0.39, 0.29) is 17.0 Å². The van der Waals surface area contributed by atoms with Gasteiger partial charge in [0.1, 0.15) is 5.82 Å². The van der Waals surface area contributed by atoms with Crippen LogP contribution in [0.5, 0.6) is 0 Å². The molecule has 1 atom stereocenters. The highest BCUT2D eigenvalue weighted by molar-refractivity contribution is 8.00. The maximum atomic E-state index is 12.9. The Morgan fingerprint density at radius 1 is 1.15 bits per heavy atom. The molecule has 1 heterocycles. The zero-order valence-corrected chi connectivity index (χ0v) is 16.0. The lowest BCUT2D eigenvalue weighted by atomic mass is 10.1. The van der Waals surface area contributed by atoms with Crippen LogP contribution < -0.4 is 5.32 Å². The molecule has 0 fully saturated rings. The summed E-state index contributed by atoms with van der Waals surface area (Å²) in [5.74, 6) is 0.444. The number of benzene rings is 2. The number of nitrogens with zero attached hydrogens (tertiary/aromatic N) is 3. The molecule has 0 spiro atoms. The lowest BCUT2D eigenvalue weighted by molar-refractivity contribution is -0.120. The van der Waals surface area contributed by atoms with Gasteiger partial charge >= 0.3 is 0 Å². The van der Waals surface area contributed by atoms with Crippen LogP contribution in [0.15, 0.2) is 59.8 Å². The van der Waals surface area contributed by atoms with Crippen molar-refractivity contribution in [3.63, 3.8) is 0 Å². The number of hydrogen-bond donors (Lipinski definition) is 1. The topological polar surface area (TPSA) is 59.8 Å². The van der Waals surface area contributed by atoms with E-state index in [2.05, 4.69) is 15.5 Å². The summed E-state index contributed by atoms with van der Waals surface area (Å²) in [6.45, 7) is 2.35. The van der Waals surface area contributed by atoms with Crippen molar-refractivity contribution >= 4 is 17.7 Å². The highest BCUT2D eigenvalue weighted by atomic mass is 32.2. The molecule has 0 radical (unpaired) electrons. The second kappa shape index (κ2) is 8.81. The van der Waals surface area contributed by atoms with E-state index in [1.54, 1.807) is 12.1 Å². The third kappa shape index (κ3) is 4.95. The number of hydrogen-bond acceptors (Lipinski definition) is 4. The van der Waals surface area contributed by atoms with Gasteiger partial charge in [-0.3, -0.25) is 4.79 Å². The second-order valence-corrected chi connectivity index (χ2v) is 7.47. The van der Waals surface area contributed by atoms with Gasteiger partial charge in [-0.05, 0) is 31.0 Å². The third-order valence-corrected chi connectivity index (χ3v) is 5.28. The lowest BCUT2D eigenvalue weighted by Gasteiger charge is -2.11. The molecule has 0 aliphatic heterocycles. The SMILES string of the molecule is C[C@@H](Sc1nnc(-c2ccccc2)n1C)C(=O)NCCc1ccc(F)cc1. The van der Waals surface area contributed by atoms with E-state index in [0.29, 0.717) is 18.1 Å². The number of rotatable bonds is 7. The van der Waals surface area contributed by atoms with E-state index in [1.165, 1.54) is 23.9 Å². The Bertz CT molecular complexity index is 896. The van der Waals surface area contributed by atoms with Crippen LogP contribution in [-0.4, -0.2) is 32.5 Å². The molecule has 0 aliphatic rings. The summed E-state index contributed by atoms with van der Waals surface area (Å²) in [4.78, 5) is 12.3. The van der Waals surface area contributed by atoms with Crippen molar-refractivity contribution in [2.24, 2.45) is 7.05 Å². The van der Waals surface area contributed by atoms with Gasteiger partial charge in [0, 0.05) is 19.2 Å². The molecule has 0 saturated carbocycles. The van der Waals surface area contributed by atoms with Gasteiger partial charge in [0.05, 0.1) is 5.25 Å². The quantitative estimate of drug-likeness (QED) is 0.634. The van der Waals surface area contributed by atoms with Crippen LogP contribution in [0.2, 0.25) is 0 Å². The van der Waals surface area contributed by atoms with Crippen molar-refractivity contribution in [2.75, 3.05) is 6.54 Å². The Morgan fingerprint density at radius 3 is 2.56 bits per heavy atom. The van der Waals surface area contributed by atoms with Gasteiger partial charge in [0.2, 0.25) is 5.91 Å². The summed E-state index contributed by atoms with van der Waals surface area (Å²) in [5.41, 5.74) is 1.97. The molecule has 0 bridgehead atoms. The van der Waals surface area contributed by atoms with Crippen LogP contribution in [0.1, 0.15) is 12.5 Å². The van der Waals surface area contributed by atoms with Gasteiger partial charge in [0.15, 0.2) is 11.0 Å². The molecule has 7 heteroatoms. The molecule has 2 aromatic carbocycles. The van der Waals surface area contributed by atoms with Crippen LogP contribution in [0, 0.1) is 5.82 Å². The van der Waals surface area contributed by atoms with Crippen molar-refractivity contribution in [1.82, 2.24) is 20.1 Å². The summed E-state index contributed by atoms with van der Waals surface area (Å²) in [7, 11) is 1.89. The largest absolute Gasteiger partial charge is 0.355 e. The Morgan fingerprint density at radius 2 is 1.85 bits per heavy atom.